The van der Waals surface area contributed by atoms with E-state index in [1.54, 1.807) is 25.2 Å². The topological polar surface area (TPSA) is 66.0 Å². The first-order valence-corrected chi connectivity index (χ1v) is 10.8. The Balaban J connectivity index is 0.00000363. The number of amides is 1. The highest BCUT2D eigenvalue weighted by Gasteiger charge is 2.19. The van der Waals surface area contributed by atoms with Crippen LogP contribution in [0, 0.1) is 5.82 Å². The largest absolute Gasteiger partial charge is 0.486 e. The van der Waals surface area contributed by atoms with E-state index in [4.69, 9.17) is 4.74 Å². The zero-order valence-electron chi connectivity index (χ0n) is 18.6. The van der Waals surface area contributed by atoms with Crippen LogP contribution in [0.2, 0.25) is 0 Å². The minimum absolute atomic E-state index is 0. The Hall–Kier alpha value is -2.36. The predicted molar refractivity (Wildman–Crippen MR) is 136 cm³/mol. The molecule has 1 atom stereocenters. The van der Waals surface area contributed by atoms with Gasteiger partial charge >= 0.3 is 0 Å². The highest BCUT2D eigenvalue weighted by molar-refractivity contribution is 14.0. The lowest BCUT2D eigenvalue weighted by atomic mass is 9.99. The van der Waals surface area contributed by atoms with Crippen molar-refractivity contribution >= 4 is 35.8 Å². The van der Waals surface area contributed by atoms with E-state index in [-0.39, 0.29) is 47.6 Å². The van der Waals surface area contributed by atoms with Crippen molar-refractivity contribution in [3.05, 3.63) is 65.5 Å². The van der Waals surface area contributed by atoms with E-state index in [0.717, 1.165) is 19.4 Å². The molecule has 0 aromatic heterocycles. The maximum absolute atomic E-state index is 13.7. The van der Waals surface area contributed by atoms with Crippen molar-refractivity contribution in [2.45, 2.75) is 38.8 Å². The monoisotopic (exact) mass is 554 g/mol. The maximum atomic E-state index is 13.7. The van der Waals surface area contributed by atoms with Gasteiger partial charge in [-0.2, -0.15) is 0 Å². The molecule has 2 aromatic carbocycles. The maximum Gasteiger partial charge on any atom is 0.222 e. The van der Waals surface area contributed by atoms with E-state index >= 15 is 0 Å². The Morgan fingerprint density at radius 1 is 1.16 bits per heavy atom. The van der Waals surface area contributed by atoms with Crippen molar-refractivity contribution in [2.24, 2.45) is 4.99 Å². The summed E-state index contributed by atoms with van der Waals surface area (Å²) in [6, 6.07) is 14.7. The van der Waals surface area contributed by atoms with Gasteiger partial charge in [0.15, 0.2) is 17.5 Å². The number of halogens is 2. The van der Waals surface area contributed by atoms with Crippen molar-refractivity contribution < 1.29 is 13.9 Å². The molecule has 1 aliphatic rings. The molecule has 0 saturated carbocycles. The van der Waals surface area contributed by atoms with E-state index in [0.29, 0.717) is 32.0 Å². The Labute approximate surface area is 206 Å². The number of aliphatic imine (C=N–C) groups is 1. The van der Waals surface area contributed by atoms with Crippen LogP contribution in [0.5, 0.6) is 5.75 Å². The summed E-state index contributed by atoms with van der Waals surface area (Å²) in [5.41, 5.74) is 2.59. The summed E-state index contributed by atoms with van der Waals surface area (Å²) in [5, 5.41) is 6.38. The molecule has 0 bridgehead atoms. The smallest absolute Gasteiger partial charge is 0.222 e. The van der Waals surface area contributed by atoms with Gasteiger partial charge in [0.1, 0.15) is 6.10 Å². The molecule has 6 nitrogen and oxygen atoms in total. The third-order valence-electron chi connectivity index (χ3n) is 5.29. The molecule has 0 saturated heterocycles. The van der Waals surface area contributed by atoms with Crippen molar-refractivity contribution in [1.82, 2.24) is 15.5 Å². The van der Waals surface area contributed by atoms with Crippen molar-refractivity contribution in [3.63, 3.8) is 0 Å². The van der Waals surface area contributed by atoms with Crippen LogP contribution in [0.3, 0.4) is 0 Å². The zero-order valence-corrected chi connectivity index (χ0v) is 21.0. The summed E-state index contributed by atoms with van der Waals surface area (Å²) in [5.74, 6) is 0.673. The lowest BCUT2D eigenvalue weighted by Gasteiger charge is -2.29. The fourth-order valence-electron chi connectivity index (χ4n) is 3.57. The summed E-state index contributed by atoms with van der Waals surface area (Å²) in [4.78, 5) is 18.7. The molecule has 174 valence electrons. The number of carbonyl (C=O) groups is 1. The second-order valence-electron chi connectivity index (χ2n) is 7.68. The molecular weight excluding hydrogens is 522 g/mol. The van der Waals surface area contributed by atoms with Gasteiger partial charge in [-0.15, -0.1) is 24.0 Å². The molecule has 2 N–H and O–H groups in total. The number of benzene rings is 2. The van der Waals surface area contributed by atoms with Gasteiger partial charge in [0.05, 0.1) is 6.54 Å². The number of rotatable bonds is 8. The quantitative estimate of drug-likeness (QED) is 0.226. The molecule has 0 aliphatic carbocycles. The summed E-state index contributed by atoms with van der Waals surface area (Å²) >= 11 is 0. The lowest BCUT2D eigenvalue weighted by molar-refractivity contribution is -0.132. The zero-order chi connectivity index (χ0) is 22.1. The van der Waals surface area contributed by atoms with Gasteiger partial charge in [-0.25, -0.2) is 4.39 Å². The highest BCUT2D eigenvalue weighted by atomic mass is 127. The van der Waals surface area contributed by atoms with Gasteiger partial charge < -0.3 is 20.3 Å². The molecule has 32 heavy (non-hydrogen) atoms. The summed E-state index contributed by atoms with van der Waals surface area (Å²) < 4.78 is 19.3. The number of fused-ring (bicyclic) bond motifs is 1. The Kier molecular flexibility index (Phi) is 10.7. The highest BCUT2D eigenvalue weighted by Crippen LogP contribution is 2.19. The van der Waals surface area contributed by atoms with Crippen molar-refractivity contribution in [2.75, 3.05) is 26.7 Å². The number of ether oxygens (including phenoxy) is 1. The molecule has 1 unspecified atom stereocenters. The van der Waals surface area contributed by atoms with Crippen LogP contribution < -0.4 is 15.4 Å². The first-order valence-electron chi connectivity index (χ1n) is 10.8. The van der Waals surface area contributed by atoms with Gasteiger partial charge in [-0.3, -0.25) is 9.79 Å². The summed E-state index contributed by atoms with van der Waals surface area (Å²) in [6.07, 6.45) is 1.90. The second-order valence-corrected chi connectivity index (χ2v) is 7.68. The van der Waals surface area contributed by atoms with E-state index < -0.39 is 0 Å². The van der Waals surface area contributed by atoms with Crippen LogP contribution in [0.4, 0.5) is 4.39 Å². The summed E-state index contributed by atoms with van der Waals surface area (Å²) in [7, 11) is 1.69. The number of carbonyl (C=O) groups excluding carboxylic acids is 1. The first kappa shape index (κ1) is 25.9. The molecule has 0 fully saturated rings. The van der Waals surface area contributed by atoms with Gasteiger partial charge in [0.2, 0.25) is 5.91 Å². The van der Waals surface area contributed by atoms with Crippen LogP contribution in [-0.4, -0.2) is 49.6 Å². The summed E-state index contributed by atoms with van der Waals surface area (Å²) in [6.45, 7) is 4.46. The van der Waals surface area contributed by atoms with E-state index in [2.05, 4.69) is 33.8 Å². The first-order chi connectivity index (χ1) is 15.1. The minimum Gasteiger partial charge on any atom is -0.486 e. The average molecular weight is 554 g/mol. The van der Waals surface area contributed by atoms with E-state index in [9.17, 15) is 9.18 Å². The number of para-hydroxylation sites is 1. The number of nitrogens with one attached hydrogen (secondary N) is 2. The predicted octanol–water partition coefficient (Wildman–Crippen LogP) is 3.74. The van der Waals surface area contributed by atoms with Gasteiger partial charge in [-0.05, 0) is 43.0 Å². The molecule has 3 rings (SSSR count). The second kappa shape index (κ2) is 13.2. The van der Waals surface area contributed by atoms with Gasteiger partial charge in [-0.1, -0.05) is 36.4 Å². The van der Waals surface area contributed by atoms with Crippen LogP contribution >= 0.6 is 24.0 Å². The van der Waals surface area contributed by atoms with Crippen LogP contribution in [-0.2, 0) is 17.8 Å². The van der Waals surface area contributed by atoms with Crippen molar-refractivity contribution in [1.29, 1.82) is 0 Å². The van der Waals surface area contributed by atoms with Gasteiger partial charge in [0, 0.05) is 33.1 Å². The molecule has 1 amide bonds. The van der Waals surface area contributed by atoms with Crippen molar-refractivity contribution in [3.8, 4) is 5.75 Å². The molecular formula is C24H32FIN4O2. The Morgan fingerprint density at radius 3 is 2.62 bits per heavy atom. The minimum atomic E-state index is -0.376. The number of guanidine groups is 1. The van der Waals surface area contributed by atoms with Crippen LogP contribution in [0.15, 0.2) is 53.5 Å². The third kappa shape index (κ3) is 7.65. The van der Waals surface area contributed by atoms with E-state index in [1.165, 1.54) is 17.2 Å². The molecule has 1 heterocycles. The van der Waals surface area contributed by atoms with E-state index in [1.807, 2.05) is 17.9 Å². The molecule has 1 aliphatic heterocycles. The normalized spacial score (nSPS) is 14.1. The number of nitrogens with zero attached hydrogens (tertiary/aromatic N) is 2. The number of hydrogen-bond acceptors (Lipinski definition) is 3. The fraction of sp³-hybridized carbons (Fsp3) is 0.417. The molecule has 8 heteroatoms. The third-order valence-corrected chi connectivity index (χ3v) is 5.29. The molecule has 2 aromatic rings. The lowest BCUT2D eigenvalue weighted by Crippen LogP contribution is -2.42. The number of hydrogen-bond donors (Lipinski definition) is 2. The van der Waals surface area contributed by atoms with Crippen LogP contribution in [0.25, 0.3) is 0 Å². The Morgan fingerprint density at radius 2 is 1.88 bits per heavy atom. The SMILES string of the molecule is CN=C(NCCCC(=O)N1CCc2ccccc2C1)NCC(C)Oc1ccccc1F.I. The molecule has 0 spiro atoms. The Bertz CT molecular complexity index is 909. The standard InChI is InChI=1S/C24H31FN4O2.HI/c1-18(31-22-11-6-5-10-21(22)25)16-28-24(26-2)27-14-7-12-23(30)29-15-13-19-8-3-4-9-20(19)17-29;/h3-6,8-11,18H,7,12-17H2,1-2H3,(H2,26,27,28);1H. The van der Waals surface area contributed by atoms with Crippen LogP contribution in [0.1, 0.15) is 30.9 Å². The van der Waals surface area contributed by atoms with Gasteiger partial charge in [0.25, 0.3) is 0 Å². The molecule has 0 radical (unpaired) electrons. The fourth-order valence-corrected chi connectivity index (χ4v) is 3.57. The average Bonchev–Trinajstić information content (AvgIpc) is 2.79.